The Morgan fingerprint density at radius 2 is 2.20 bits per heavy atom. The molecule has 2 aliphatic rings. The second kappa shape index (κ2) is 7.52. The van der Waals surface area contributed by atoms with Gasteiger partial charge in [-0.2, -0.15) is 10.2 Å². The number of cyclic esters (lactones) is 1. The van der Waals surface area contributed by atoms with E-state index in [4.69, 9.17) is 9.57 Å². The molecule has 2 aliphatic heterocycles. The number of nitrogens with one attached hydrogen (secondary N) is 1. The molecule has 0 radical (unpaired) electrons. The number of esters is 1. The summed E-state index contributed by atoms with van der Waals surface area (Å²) in [4.78, 5) is 51.9. The molecule has 0 aliphatic carbocycles. The minimum absolute atomic E-state index is 0. The van der Waals surface area contributed by atoms with Crippen LogP contribution in [-0.2, 0) is 35.3 Å². The van der Waals surface area contributed by atoms with Crippen molar-refractivity contribution in [2.75, 3.05) is 6.61 Å². The van der Waals surface area contributed by atoms with Gasteiger partial charge in [0, 0.05) is 18.8 Å². The molecule has 2 atom stereocenters. The van der Waals surface area contributed by atoms with Crippen LogP contribution in [0.15, 0.2) is 18.5 Å². The van der Waals surface area contributed by atoms with Gasteiger partial charge in [-0.3, -0.25) is 23.9 Å². The minimum atomic E-state index is -2.30. The molecule has 11 nitrogen and oxygen atoms in total. The summed E-state index contributed by atoms with van der Waals surface area (Å²) in [5.41, 5.74) is -2.30. The number of aromatic nitrogens is 2. The Labute approximate surface area is 163 Å². The van der Waals surface area contributed by atoms with E-state index in [1.165, 1.54) is 10.9 Å². The van der Waals surface area contributed by atoms with E-state index in [0.717, 1.165) is 0 Å². The van der Waals surface area contributed by atoms with E-state index >= 15 is 0 Å². The number of nitrogens with zero attached hydrogens (tertiary/aromatic N) is 3. The third-order valence-corrected chi connectivity index (χ3v) is 3.67. The third-order valence-electron chi connectivity index (χ3n) is 3.67. The van der Waals surface area contributed by atoms with Crippen LogP contribution in [0.2, 0.25) is 0 Å². The van der Waals surface area contributed by atoms with Crippen molar-refractivity contribution in [1.29, 1.82) is 0 Å². The first-order chi connectivity index (χ1) is 11.4. The number of hydrogen-bond donors (Lipinski definition) is 1. The van der Waals surface area contributed by atoms with Crippen LogP contribution in [-0.4, -0.2) is 57.0 Å². The Morgan fingerprint density at radius 1 is 1.44 bits per heavy atom. The van der Waals surface area contributed by atoms with E-state index in [-0.39, 0.29) is 55.6 Å². The molecule has 2 amide bonds. The number of hydrogen-bond acceptors (Lipinski definition) is 8. The maximum Gasteiger partial charge on any atom is 1.00 e. The largest absolute Gasteiger partial charge is 1.00 e. The van der Waals surface area contributed by atoms with Crippen LogP contribution in [0.5, 0.6) is 0 Å². The fourth-order valence-corrected chi connectivity index (χ4v) is 2.52. The van der Waals surface area contributed by atoms with Crippen LogP contribution >= 0.6 is 0 Å². The van der Waals surface area contributed by atoms with E-state index in [2.05, 4.69) is 10.4 Å². The van der Waals surface area contributed by atoms with Gasteiger partial charge < -0.3 is 20.0 Å². The number of aliphatic carboxylic acids is 1. The molecule has 0 spiro atoms. The Balaban J connectivity index is 0.00000225. The standard InChI is InChI=1S/C13H14N4O7.Na/c18-9(6-16-5-1-4-14-16)15-8-7-23-17(11(8)20)13(12(21)22)3-2-10(19)24-13;/h1,4-5,8H,2-3,6-7H2,(H,15,18)(H,21,22);/q;+1/p-1/t8-,13?;/m0./s1. The van der Waals surface area contributed by atoms with Gasteiger partial charge in [-0.15, -0.1) is 0 Å². The molecular weight excluding hydrogens is 347 g/mol. The normalized spacial score (nSPS) is 25.4. The molecule has 12 heteroatoms. The molecule has 1 N–H and O–H groups in total. The van der Waals surface area contributed by atoms with E-state index in [1.807, 2.05) is 0 Å². The summed E-state index contributed by atoms with van der Waals surface area (Å²) >= 11 is 0. The van der Waals surface area contributed by atoms with Crippen LogP contribution in [0.1, 0.15) is 12.8 Å². The van der Waals surface area contributed by atoms with Gasteiger partial charge in [-0.05, 0) is 6.07 Å². The maximum absolute atomic E-state index is 12.3. The summed E-state index contributed by atoms with van der Waals surface area (Å²) in [6.45, 7) is -0.395. The second-order valence-electron chi connectivity index (χ2n) is 5.30. The van der Waals surface area contributed by atoms with Gasteiger partial charge in [-0.25, -0.2) is 0 Å². The van der Waals surface area contributed by atoms with Gasteiger partial charge in [0.25, 0.3) is 11.6 Å². The Kier molecular flexibility index (Phi) is 5.83. The van der Waals surface area contributed by atoms with E-state index < -0.39 is 35.5 Å². The van der Waals surface area contributed by atoms with Gasteiger partial charge in [0.1, 0.15) is 25.2 Å². The number of carboxylic acids is 1. The summed E-state index contributed by atoms with van der Waals surface area (Å²) in [6, 6.07) is 0.542. The van der Waals surface area contributed by atoms with Crippen LogP contribution < -0.4 is 40.0 Å². The molecule has 0 saturated carbocycles. The van der Waals surface area contributed by atoms with Crippen LogP contribution in [0.4, 0.5) is 0 Å². The predicted octanol–water partition coefficient (Wildman–Crippen LogP) is -6.07. The molecule has 25 heavy (non-hydrogen) atoms. The molecular formula is C13H13N4NaO7. The van der Waals surface area contributed by atoms with Crippen molar-refractivity contribution < 1.29 is 63.4 Å². The van der Waals surface area contributed by atoms with Gasteiger partial charge in [0.2, 0.25) is 5.91 Å². The van der Waals surface area contributed by atoms with E-state index in [9.17, 15) is 24.3 Å². The van der Waals surface area contributed by atoms with Gasteiger partial charge >= 0.3 is 35.5 Å². The topological polar surface area (TPSA) is 143 Å². The Hall–Kier alpha value is -1.95. The average Bonchev–Trinajstić information content (AvgIpc) is 3.22. The number of hydroxylamine groups is 2. The summed E-state index contributed by atoms with van der Waals surface area (Å²) in [6.07, 6.45) is 2.60. The molecule has 2 fully saturated rings. The first-order valence-electron chi connectivity index (χ1n) is 7.09. The molecule has 3 heterocycles. The predicted molar refractivity (Wildman–Crippen MR) is 70.0 cm³/mol. The zero-order valence-corrected chi connectivity index (χ0v) is 15.3. The molecule has 0 bridgehead atoms. The molecule has 2 saturated heterocycles. The minimum Gasteiger partial charge on any atom is -0.544 e. The van der Waals surface area contributed by atoms with Crippen molar-refractivity contribution in [2.24, 2.45) is 0 Å². The van der Waals surface area contributed by atoms with Crippen LogP contribution in [0, 0.1) is 0 Å². The van der Waals surface area contributed by atoms with Crippen LogP contribution in [0.25, 0.3) is 0 Å². The van der Waals surface area contributed by atoms with Crippen molar-refractivity contribution in [2.45, 2.75) is 31.2 Å². The number of ether oxygens (including phenoxy) is 1. The zero-order chi connectivity index (χ0) is 17.3. The molecule has 1 unspecified atom stereocenters. The summed E-state index contributed by atoms with van der Waals surface area (Å²) in [5, 5.41) is 18.1. The van der Waals surface area contributed by atoms with Crippen molar-refractivity contribution in [3.05, 3.63) is 18.5 Å². The summed E-state index contributed by atoms with van der Waals surface area (Å²) in [7, 11) is 0. The van der Waals surface area contributed by atoms with Crippen molar-refractivity contribution in [1.82, 2.24) is 20.2 Å². The Morgan fingerprint density at radius 3 is 2.76 bits per heavy atom. The summed E-state index contributed by atoms with van der Waals surface area (Å²) < 4.78 is 6.11. The molecule has 128 valence electrons. The quantitative estimate of drug-likeness (QED) is 0.404. The number of amides is 2. The molecule has 0 aromatic carbocycles. The Bertz CT molecular complexity index is 695. The van der Waals surface area contributed by atoms with Crippen molar-refractivity contribution in [3.8, 4) is 0 Å². The fraction of sp³-hybridized carbons (Fsp3) is 0.462. The van der Waals surface area contributed by atoms with Crippen LogP contribution in [0.3, 0.4) is 0 Å². The molecule has 3 rings (SSSR count). The maximum atomic E-state index is 12.3. The fourth-order valence-electron chi connectivity index (χ4n) is 2.52. The number of carboxylic acid groups (broad SMARTS) is 1. The number of carbonyl (C=O) groups is 4. The summed E-state index contributed by atoms with van der Waals surface area (Å²) in [5.74, 6) is -3.87. The van der Waals surface area contributed by atoms with Gasteiger partial charge in [0.05, 0.1) is 6.42 Å². The van der Waals surface area contributed by atoms with E-state index in [1.54, 1.807) is 12.3 Å². The molecule has 1 aromatic heterocycles. The van der Waals surface area contributed by atoms with E-state index in [0.29, 0.717) is 5.06 Å². The average molecular weight is 360 g/mol. The smallest absolute Gasteiger partial charge is 0.544 e. The monoisotopic (exact) mass is 360 g/mol. The van der Waals surface area contributed by atoms with Gasteiger partial charge in [-0.1, -0.05) is 0 Å². The third kappa shape index (κ3) is 3.68. The van der Waals surface area contributed by atoms with Gasteiger partial charge in [0.15, 0.2) is 0 Å². The molecule has 1 aromatic rings. The first-order valence-corrected chi connectivity index (χ1v) is 7.09. The first kappa shape index (κ1) is 19.4. The second-order valence-corrected chi connectivity index (χ2v) is 5.30. The SMILES string of the molecule is O=C(Cn1cccn1)N[C@H]1CON(C2(C(=O)[O-])CCC(=O)O2)C1=O.[Na+]. The van der Waals surface area contributed by atoms with Crippen molar-refractivity contribution in [3.63, 3.8) is 0 Å². The van der Waals surface area contributed by atoms with Crippen molar-refractivity contribution >= 4 is 23.8 Å². The zero-order valence-electron chi connectivity index (χ0n) is 13.3. The number of carbonyl (C=O) groups excluding carboxylic acids is 4. The number of rotatable bonds is 5.